The standard InChI is InChI=1S/C20H21N3O2.C9H10F3N3O/c1-25-19-4-2-3-17(15-19)20(24)23-13-11-22(12-14-23)18-7-5-16(6-8-18)9-10-21;10-9(11,12)7-6(5-13-14-8(7)16)15-3-1-2-4-15/h2-8,15H,9,11-14H2,1H3;5H,1-4H2,(H,14,16). The average molecular weight is 569 g/mol. The van der Waals surface area contributed by atoms with Gasteiger partial charge in [0.25, 0.3) is 11.5 Å². The van der Waals surface area contributed by atoms with E-state index in [0.717, 1.165) is 43.4 Å². The van der Waals surface area contributed by atoms with E-state index < -0.39 is 17.3 Å². The lowest BCUT2D eigenvalue weighted by atomic mass is 10.1. The lowest BCUT2D eigenvalue weighted by molar-refractivity contribution is -0.138. The largest absolute Gasteiger partial charge is 0.497 e. The molecule has 5 rings (SSSR count). The van der Waals surface area contributed by atoms with Crippen LogP contribution in [0.5, 0.6) is 5.75 Å². The van der Waals surface area contributed by atoms with Crippen molar-refractivity contribution in [1.29, 1.82) is 5.26 Å². The van der Waals surface area contributed by atoms with Crippen molar-refractivity contribution in [2.75, 3.05) is 56.2 Å². The zero-order valence-electron chi connectivity index (χ0n) is 22.7. The summed E-state index contributed by atoms with van der Waals surface area (Å²) in [7, 11) is 1.60. The number of nitrogens with one attached hydrogen (secondary N) is 1. The van der Waals surface area contributed by atoms with Crippen molar-refractivity contribution in [3.05, 3.63) is 81.8 Å². The number of nitriles is 1. The number of hydrogen-bond donors (Lipinski definition) is 1. The van der Waals surface area contributed by atoms with Crippen molar-refractivity contribution in [3.63, 3.8) is 0 Å². The Morgan fingerprint density at radius 1 is 1.02 bits per heavy atom. The van der Waals surface area contributed by atoms with Gasteiger partial charge in [0.2, 0.25) is 0 Å². The first-order valence-electron chi connectivity index (χ1n) is 13.2. The smallest absolute Gasteiger partial charge is 0.423 e. The molecule has 0 saturated carbocycles. The Morgan fingerprint density at radius 2 is 1.71 bits per heavy atom. The maximum atomic E-state index is 12.7. The Balaban J connectivity index is 0.000000208. The molecule has 0 radical (unpaired) electrons. The van der Waals surface area contributed by atoms with Crippen molar-refractivity contribution in [3.8, 4) is 11.8 Å². The average Bonchev–Trinajstić information content (AvgIpc) is 3.52. The summed E-state index contributed by atoms with van der Waals surface area (Å²) in [6.45, 7) is 4.05. The number of alkyl halides is 3. The van der Waals surface area contributed by atoms with Crippen LogP contribution in [-0.4, -0.2) is 67.4 Å². The number of halogens is 3. The highest BCUT2D eigenvalue weighted by molar-refractivity contribution is 5.94. The van der Waals surface area contributed by atoms with Crippen LogP contribution < -0.4 is 20.1 Å². The molecule has 2 aliphatic heterocycles. The summed E-state index contributed by atoms with van der Waals surface area (Å²) in [5.41, 5.74) is 0.372. The summed E-state index contributed by atoms with van der Waals surface area (Å²) >= 11 is 0. The van der Waals surface area contributed by atoms with Crippen LogP contribution in [0.25, 0.3) is 0 Å². The second-order valence-electron chi connectivity index (χ2n) is 9.66. The van der Waals surface area contributed by atoms with Crippen LogP contribution >= 0.6 is 0 Å². The number of aromatic nitrogens is 2. The van der Waals surface area contributed by atoms with Crippen molar-refractivity contribution in [2.45, 2.75) is 25.4 Å². The summed E-state index contributed by atoms with van der Waals surface area (Å²) in [5.74, 6) is 0.741. The lowest BCUT2D eigenvalue weighted by Gasteiger charge is -2.36. The first-order chi connectivity index (χ1) is 19.7. The van der Waals surface area contributed by atoms with E-state index in [0.29, 0.717) is 43.9 Å². The first-order valence-corrected chi connectivity index (χ1v) is 13.2. The van der Waals surface area contributed by atoms with Crippen LogP contribution in [0, 0.1) is 11.3 Å². The molecule has 2 fully saturated rings. The van der Waals surface area contributed by atoms with Crippen molar-refractivity contribution < 1.29 is 22.7 Å². The first kappa shape index (κ1) is 29.5. The fourth-order valence-corrected chi connectivity index (χ4v) is 4.88. The predicted octanol–water partition coefficient (Wildman–Crippen LogP) is 4.11. The van der Waals surface area contributed by atoms with E-state index in [1.807, 2.05) is 52.5 Å². The highest BCUT2D eigenvalue weighted by atomic mass is 19.4. The zero-order chi connectivity index (χ0) is 29.4. The van der Waals surface area contributed by atoms with Gasteiger partial charge in [-0.25, -0.2) is 5.10 Å². The number of piperazine rings is 1. The third-order valence-electron chi connectivity index (χ3n) is 7.03. The third-order valence-corrected chi connectivity index (χ3v) is 7.03. The Bertz CT molecular complexity index is 1420. The number of carbonyl (C=O) groups excluding carboxylic acids is 1. The van der Waals surface area contributed by atoms with E-state index in [-0.39, 0.29) is 11.6 Å². The second-order valence-corrected chi connectivity index (χ2v) is 9.66. The number of hydrogen-bond acceptors (Lipinski definition) is 7. The zero-order valence-corrected chi connectivity index (χ0v) is 22.7. The number of methoxy groups -OCH3 is 1. The number of rotatable bonds is 5. The highest BCUT2D eigenvalue weighted by Crippen LogP contribution is 2.34. The number of benzene rings is 2. The molecule has 9 nitrogen and oxygen atoms in total. The minimum atomic E-state index is -4.64. The number of amides is 1. The van der Waals surface area contributed by atoms with E-state index in [9.17, 15) is 22.8 Å². The van der Waals surface area contributed by atoms with Crippen molar-refractivity contribution in [1.82, 2.24) is 15.1 Å². The molecule has 3 aromatic rings. The molecular formula is C29H31F3N6O3. The monoisotopic (exact) mass is 568 g/mol. The van der Waals surface area contributed by atoms with Gasteiger partial charge in [0.05, 0.1) is 31.5 Å². The van der Waals surface area contributed by atoms with Gasteiger partial charge in [-0.1, -0.05) is 18.2 Å². The summed E-state index contributed by atoms with van der Waals surface area (Å²) in [4.78, 5) is 29.5. The van der Waals surface area contributed by atoms with Gasteiger partial charge in [-0.05, 0) is 48.7 Å². The van der Waals surface area contributed by atoms with Crippen LogP contribution in [0.3, 0.4) is 0 Å². The summed E-state index contributed by atoms with van der Waals surface area (Å²) in [6.07, 6.45) is -1.47. The molecule has 0 spiro atoms. The molecule has 41 heavy (non-hydrogen) atoms. The predicted molar refractivity (Wildman–Crippen MR) is 148 cm³/mol. The van der Waals surface area contributed by atoms with Crippen LogP contribution in [0.15, 0.2) is 59.5 Å². The lowest BCUT2D eigenvalue weighted by Crippen LogP contribution is -2.48. The molecule has 3 heterocycles. The molecule has 2 aromatic carbocycles. The third kappa shape index (κ3) is 7.36. The van der Waals surface area contributed by atoms with Gasteiger partial charge in [-0.2, -0.15) is 23.5 Å². The minimum absolute atomic E-state index is 0.0444. The van der Waals surface area contributed by atoms with Gasteiger partial charge >= 0.3 is 6.18 Å². The number of ether oxygens (including phenoxy) is 1. The molecule has 12 heteroatoms. The Kier molecular flexibility index (Phi) is 9.49. The van der Waals surface area contributed by atoms with Crippen LogP contribution in [0.2, 0.25) is 0 Å². The Morgan fingerprint density at radius 3 is 2.32 bits per heavy atom. The van der Waals surface area contributed by atoms with Gasteiger partial charge in [0.15, 0.2) is 0 Å². The molecule has 1 amide bonds. The van der Waals surface area contributed by atoms with Gasteiger partial charge < -0.3 is 19.4 Å². The van der Waals surface area contributed by atoms with E-state index in [4.69, 9.17) is 10.00 Å². The summed E-state index contributed by atoms with van der Waals surface area (Å²) in [6, 6.07) is 17.5. The molecule has 1 aromatic heterocycles. The molecule has 1 N–H and O–H groups in total. The molecule has 0 atom stereocenters. The fraction of sp³-hybridized carbons (Fsp3) is 0.379. The van der Waals surface area contributed by atoms with Gasteiger partial charge in [-0.3, -0.25) is 9.59 Å². The van der Waals surface area contributed by atoms with Crippen LogP contribution in [0.1, 0.15) is 34.3 Å². The van der Waals surface area contributed by atoms with Gasteiger partial charge in [-0.15, -0.1) is 0 Å². The van der Waals surface area contributed by atoms with Crippen molar-refractivity contribution >= 4 is 17.3 Å². The van der Waals surface area contributed by atoms with Crippen molar-refractivity contribution in [2.24, 2.45) is 0 Å². The van der Waals surface area contributed by atoms with Crippen LogP contribution in [-0.2, 0) is 12.6 Å². The molecule has 0 aliphatic carbocycles. The van der Waals surface area contributed by atoms with E-state index in [1.165, 1.54) is 0 Å². The van der Waals surface area contributed by atoms with E-state index >= 15 is 0 Å². The highest BCUT2D eigenvalue weighted by Gasteiger charge is 2.39. The molecular weight excluding hydrogens is 537 g/mol. The van der Waals surface area contributed by atoms with E-state index in [1.54, 1.807) is 18.1 Å². The SMILES string of the molecule is COc1cccc(C(=O)N2CCN(c3ccc(CC#N)cc3)CC2)c1.O=c1[nH]ncc(N2CCCC2)c1C(F)(F)F. The molecule has 0 unspecified atom stereocenters. The number of carbonyl (C=O) groups is 1. The Hall–Kier alpha value is -4.53. The quantitative estimate of drug-likeness (QED) is 0.494. The molecule has 216 valence electrons. The number of H-pyrrole nitrogens is 1. The van der Waals surface area contributed by atoms with E-state index in [2.05, 4.69) is 16.1 Å². The normalized spacial score (nSPS) is 15.1. The molecule has 2 saturated heterocycles. The summed E-state index contributed by atoms with van der Waals surface area (Å²) in [5, 5.41) is 14.0. The molecule has 0 bridgehead atoms. The number of aromatic amines is 1. The fourth-order valence-electron chi connectivity index (χ4n) is 4.88. The Labute approximate surface area is 235 Å². The molecule has 2 aliphatic rings. The van der Waals surface area contributed by atoms with Gasteiger partial charge in [0.1, 0.15) is 11.3 Å². The number of nitrogens with zero attached hydrogens (tertiary/aromatic N) is 5. The second kappa shape index (κ2) is 13.2. The van der Waals surface area contributed by atoms with Gasteiger partial charge in [0, 0.05) is 50.5 Å². The number of anilines is 2. The minimum Gasteiger partial charge on any atom is -0.497 e. The maximum absolute atomic E-state index is 12.7. The topological polar surface area (TPSA) is 106 Å². The maximum Gasteiger partial charge on any atom is 0.423 e. The van der Waals surface area contributed by atoms with Crippen LogP contribution in [0.4, 0.5) is 24.5 Å². The summed E-state index contributed by atoms with van der Waals surface area (Å²) < 4.78 is 43.3.